The molecule has 5 nitrogen and oxygen atoms in total. The summed E-state index contributed by atoms with van der Waals surface area (Å²) in [6.45, 7) is 2.05. The Morgan fingerprint density at radius 2 is 1.95 bits per heavy atom. The van der Waals surface area contributed by atoms with Crippen molar-refractivity contribution < 1.29 is 22.7 Å². The van der Waals surface area contributed by atoms with Gasteiger partial charge in [0.1, 0.15) is 10.7 Å². The van der Waals surface area contributed by atoms with Crippen LogP contribution in [0, 0.1) is 5.82 Å². The van der Waals surface area contributed by atoms with Gasteiger partial charge in [0, 0.05) is 6.54 Å². The Labute approximate surface area is 116 Å². The Morgan fingerprint density at radius 1 is 1.30 bits per heavy atom. The van der Waals surface area contributed by atoms with Crippen molar-refractivity contribution in [3.05, 3.63) is 29.6 Å². The molecule has 0 unspecified atom stereocenters. The summed E-state index contributed by atoms with van der Waals surface area (Å²) in [6, 6.07) is 2.82. The van der Waals surface area contributed by atoms with Gasteiger partial charge in [0.25, 0.3) is 0 Å². The first-order chi connectivity index (χ1) is 9.40. The number of carboxylic acid groups (broad SMARTS) is 1. The maximum Gasteiger partial charge on any atom is 0.335 e. The van der Waals surface area contributed by atoms with Crippen LogP contribution in [0.15, 0.2) is 23.1 Å². The number of hydrogen-bond acceptors (Lipinski definition) is 4. The zero-order valence-corrected chi connectivity index (χ0v) is 11.7. The Balaban J connectivity index is 2.19. The summed E-state index contributed by atoms with van der Waals surface area (Å²) in [4.78, 5) is 12.3. The molecular weight excluding hydrogens is 285 g/mol. The van der Waals surface area contributed by atoms with Gasteiger partial charge in [-0.15, -0.1) is 0 Å². The molecule has 7 heteroatoms. The fourth-order valence-corrected chi connectivity index (χ4v) is 3.63. The van der Waals surface area contributed by atoms with Crippen LogP contribution in [0.4, 0.5) is 4.39 Å². The molecule has 20 heavy (non-hydrogen) atoms. The van der Waals surface area contributed by atoms with E-state index in [2.05, 4.69) is 0 Å². The largest absolute Gasteiger partial charge is 0.478 e. The van der Waals surface area contributed by atoms with Gasteiger partial charge in [-0.3, -0.25) is 0 Å². The predicted octanol–water partition coefficient (Wildman–Crippen LogP) is 1.39. The first-order valence-electron chi connectivity index (χ1n) is 6.38. The second kappa shape index (κ2) is 5.88. The lowest BCUT2D eigenvalue weighted by Crippen LogP contribution is -2.27. The minimum atomic E-state index is -3.81. The van der Waals surface area contributed by atoms with Crippen LogP contribution in [-0.2, 0) is 9.84 Å². The summed E-state index contributed by atoms with van der Waals surface area (Å²) in [5.74, 6) is -2.38. The second-order valence-corrected chi connectivity index (χ2v) is 6.90. The third-order valence-electron chi connectivity index (χ3n) is 3.39. The number of rotatable bonds is 5. The minimum absolute atomic E-state index is 0.201. The third-order valence-corrected chi connectivity index (χ3v) is 5.09. The average molecular weight is 301 g/mol. The molecule has 1 saturated heterocycles. The van der Waals surface area contributed by atoms with Crippen molar-refractivity contribution in [1.29, 1.82) is 0 Å². The van der Waals surface area contributed by atoms with E-state index in [-0.39, 0.29) is 11.3 Å². The fraction of sp³-hybridized carbons (Fsp3) is 0.462. The van der Waals surface area contributed by atoms with Gasteiger partial charge in [0.05, 0.1) is 11.3 Å². The Kier molecular flexibility index (Phi) is 4.39. The lowest BCUT2D eigenvalue weighted by atomic mass is 10.2. The molecule has 0 saturated carbocycles. The first-order valence-corrected chi connectivity index (χ1v) is 8.03. The molecule has 0 atom stereocenters. The first kappa shape index (κ1) is 14.9. The minimum Gasteiger partial charge on any atom is -0.478 e. The standard InChI is InChI=1S/C13H16FNO4S/c14-11-4-3-10(13(16)17)9-12(11)20(18,19)8-7-15-5-1-2-6-15/h3-4,9H,1-2,5-8H2,(H,16,17). The molecule has 0 aliphatic carbocycles. The van der Waals surface area contributed by atoms with Crippen LogP contribution in [-0.4, -0.2) is 49.8 Å². The zero-order chi connectivity index (χ0) is 14.8. The Morgan fingerprint density at radius 3 is 2.55 bits per heavy atom. The maximum absolute atomic E-state index is 13.6. The zero-order valence-electron chi connectivity index (χ0n) is 10.9. The highest BCUT2D eigenvalue weighted by Gasteiger charge is 2.23. The van der Waals surface area contributed by atoms with Crippen LogP contribution < -0.4 is 0 Å². The van der Waals surface area contributed by atoms with E-state index in [4.69, 9.17) is 5.11 Å². The highest BCUT2D eigenvalue weighted by molar-refractivity contribution is 7.91. The number of sulfone groups is 1. The molecule has 1 aliphatic heterocycles. The van der Waals surface area contributed by atoms with Crippen molar-refractivity contribution >= 4 is 15.8 Å². The van der Waals surface area contributed by atoms with Crippen molar-refractivity contribution in [2.24, 2.45) is 0 Å². The number of aromatic carboxylic acids is 1. The van der Waals surface area contributed by atoms with Gasteiger partial charge in [-0.1, -0.05) is 0 Å². The second-order valence-electron chi connectivity index (χ2n) is 4.82. The number of likely N-dealkylation sites (tertiary alicyclic amines) is 1. The van der Waals surface area contributed by atoms with E-state index in [9.17, 15) is 17.6 Å². The number of benzene rings is 1. The number of carboxylic acids is 1. The van der Waals surface area contributed by atoms with Crippen LogP contribution in [0.3, 0.4) is 0 Å². The number of hydrogen-bond donors (Lipinski definition) is 1. The van der Waals surface area contributed by atoms with E-state index >= 15 is 0 Å². The summed E-state index contributed by atoms with van der Waals surface area (Å²) in [7, 11) is -3.81. The molecule has 1 N–H and O–H groups in total. The Hall–Kier alpha value is -1.47. The monoisotopic (exact) mass is 301 g/mol. The Bertz CT molecular complexity index is 609. The molecule has 1 heterocycles. The summed E-state index contributed by atoms with van der Waals surface area (Å²) in [5, 5.41) is 8.84. The van der Waals surface area contributed by atoms with Crippen LogP contribution in [0.1, 0.15) is 23.2 Å². The van der Waals surface area contributed by atoms with E-state index in [1.165, 1.54) is 0 Å². The molecule has 0 amide bonds. The SMILES string of the molecule is O=C(O)c1ccc(F)c(S(=O)(=O)CCN2CCCC2)c1. The molecule has 0 aromatic heterocycles. The van der Waals surface area contributed by atoms with E-state index in [0.717, 1.165) is 44.1 Å². The van der Waals surface area contributed by atoms with Crippen LogP contribution in [0.5, 0.6) is 0 Å². The van der Waals surface area contributed by atoms with E-state index < -0.39 is 26.5 Å². The average Bonchev–Trinajstić information content (AvgIpc) is 2.89. The molecule has 1 aromatic carbocycles. The molecule has 1 fully saturated rings. The molecule has 0 bridgehead atoms. The molecule has 110 valence electrons. The molecular formula is C13H16FNO4S. The van der Waals surface area contributed by atoms with Crippen molar-refractivity contribution in [1.82, 2.24) is 4.90 Å². The van der Waals surface area contributed by atoms with Gasteiger partial charge >= 0.3 is 5.97 Å². The van der Waals surface area contributed by atoms with Gasteiger partial charge in [-0.25, -0.2) is 17.6 Å². The molecule has 1 aromatic rings. The van der Waals surface area contributed by atoms with Gasteiger partial charge < -0.3 is 10.0 Å². The van der Waals surface area contributed by atoms with Crippen molar-refractivity contribution in [2.45, 2.75) is 17.7 Å². The fourth-order valence-electron chi connectivity index (χ4n) is 2.24. The van der Waals surface area contributed by atoms with E-state index in [0.29, 0.717) is 6.54 Å². The quantitative estimate of drug-likeness (QED) is 0.889. The smallest absolute Gasteiger partial charge is 0.335 e. The van der Waals surface area contributed by atoms with Crippen molar-refractivity contribution in [3.8, 4) is 0 Å². The van der Waals surface area contributed by atoms with E-state index in [1.807, 2.05) is 4.90 Å². The molecule has 0 radical (unpaired) electrons. The van der Waals surface area contributed by atoms with Crippen LogP contribution in [0.2, 0.25) is 0 Å². The normalized spacial score (nSPS) is 16.4. The summed E-state index contributed by atoms with van der Waals surface area (Å²) >= 11 is 0. The molecule has 2 rings (SSSR count). The van der Waals surface area contributed by atoms with Gasteiger partial charge in [0.2, 0.25) is 0 Å². The summed E-state index contributed by atoms with van der Waals surface area (Å²) < 4.78 is 37.9. The number of halogens is 1. The van der Waals surface area contributed by atoms with Crippen LogP contribution >= 0.6 is 0 Å². The maximum atomic E-state index is 13.6. The molecule has 0 spiro atoms. The van der Waals surface area contributed by atoms with Gasteiger partial charge in [-0.05, 0) is 44.1 Å². The summed E-state index contributed by atoms with van der Waals surface area (Å²) in [5.41, 5.74) is -0.230. The highest BCUT2D eigenvalue weighted by atomic mass is 32.2. The van der Waals surface area contributed by atoms with E-state index in [1.54, 1.807) is 0 Å². The molecule has 1 aliphatic rings. The van der Waals surface area contributed by atoms with Crippen LogP contribution in [0.25, 0.3) is 0 Å². The van der Waals surface area contributed by atoms with Gasteiger partial charge in [0.15, 0.2) is 9.84 Å². The third kappa shape index (κ3) is 3.34. The lowest BCUT2D eigenvalue weighted by Gasteiger charge is -2.14. The highest BCUT2D eigenvalue weighted by Crippen LogP contribution is 2.19. The lowest BCUT2D eigenvalue weighted by molar-refractivity contribution is 0.0696. The van der Waals surface area contributed by atoms with Crippen molar-refractivity contribution in [2.75, 3.05) is 25.4 Å². The number of carbonyl (C=O) groups is 1. The van der Waals surface area contributed by atoms with Gasteiger partial charge in [-0.2, -0.15) is 0 Å². The topological polar surface area (TPSA) is 74.7 Å². The number of nitrogens with zero attached hydrogens (tertiary/aromatic N) is 1. The van der Waals surface area contributed by atoms with Crippen molar-refractivity contribution in [3.63, 3.8) is 0 Å². The summed E-state index contributed by atoms with van der Waals surface area (Å²) in [6.07, 6.45) is 2.09. The predicted molar refractivity (Wildman–Crippen MR) is 71.1 cm³/mol.